The maximum atomic E-state index is 13.0. The minimum absolute atomic E-state index is 0.118. The van der Waals surface area contributed by atoms with Gasteiger partial charge in [-0.15, -0.1) is 0 Å². The molecule has 0 N–H and O–H groups in total. The Labute approximate surface area is 163 Å². The smallest absolute Gasteiger partial charge is 0.417 e. The summed E-state index contributed by atoms with van der Waals surface area (Å²) in [4.78, 5) is 25.9. The van der Waals surface area contributed by atoms with Crippen LogP contribution in [0.1, 0.15) is 30.0 Å². The van der Waals surface area contributed by atoms with Gasteiger partial charge in [-0.25, -0.2) is 9.69 Å². The number of carbonyl (C=O) groups excluding carboxylic acids is 2. The molecule has 1 aliphatic rings. The Morgan fingerprint density at radius 1 is 1.16 bits per heavy atom. The van der Waals surface area contributed by atoms with Crippen molar-refractivity contribution in [3.8, 4) is 0 Å². The maximum absolute atomic E-state index is 13.0. The fourth-order valence-electron chi connectivity index (χ4n) is 2.93. The van der Waals surface area contributed by atoms with Crippen LogP contribution in [-0.4, -0.2) is 28.3 Å². The van der Waals surface area contributed by atoms with Crippen molar-refractivity contribution in [3.63, 3.8) is 0 Å². The molecule has 1 fully saturated rings. The number of alkyl halides is 1. The quantitative estimate of drug-likeness (QED) is 0.593. The molecule has 4 nitrogen and oxygen atoms in total. The van der Waals surface area contributed by atoms with Gasteiger partial charge in [0.15, 0.2) is 0 Å². The molecule has 25 heavy (non-hydrogen) atoms. The Balaban J connectivity index is 1.85. The van der Waals surface area contributed by atoms with Gasteiger partial charge in [0.25, 0.3) is 0 Å². The van der Waals surface area contributed by atoms with Crippen LogP contribution in [0.15, 0.2) is 59.1 Å². The Kier molecular flexibility index (Phi) is 5.59. The maximum Gasteiger partial charge on any atom is 0.417 e. The molecular weight excluding hydrogens is 450 g/mol. The van der Waals surface area contributed by atoms with Gasteiger partial charge < -0.3 is 4.74 Å². The normalized spacial score (nSPS) is 19.4. The fourth-order valence-corrected chi connectivity index (χ4v) is 4.09. The number of rotatable bonds is 4. The first kappa shape index (κ1) is 18.1. The van der Waals surface area contributed by atoms with E-state index >= 15 is 0 Å². The molecule has 2 amide bonds. The number of carbonyl (C=O) groups is 2. The Morgan fingerprint density at radius 3 is 2.48 bits per heavy atom. The second kappa shape index (κ2) is 7.70. The number of amides is 2. The lowest BCUT2D eigenvalue weighted by atomic mass is 9.96. The average Bonchev–Trinajstić information content (AvgIpc) is 3.02. The molecule has 0 aliphatic carbocycles. The highest BCUT2D eigenvalue weighted by Gasteiger charge is 2.42. The van der Waals surface area contributed by atoms with E-state index in [1.807, 2.05) is 61.5 Å². The molecule has 6 heteroatoms. The molecule has 0 aromatic heterocycles. The highest BCUT2D eigenvalue weighted by molar-refractivity contribution is 9.10. The summed E-state index contributed by atoms with van der Waals surface area (Å²) in [6, 6.07) is 16.8. The summed E-state index contributed by atoms with van der Waals surface area (Å²) in [7, 11) is 0. The van der Waals surface area contributed by atoms with E-state index < -0.39 is 17.0 Å². The minimum Gasteiger partial charge on any atom is -0.446 e. The van der Waals surface area contributed by atoms with E-state index in [9.17, 15) is 9.59 Å². The summed E-state index contributed by atoms with van der Waals surface area (Å²) in [5.74, 6) is -0.410. The van der Waals surface area contributed by atoms with Crippen LogP contribution in [-0.2, 0) is 9.53 Å². The first-order valence-electron chi connectivity index (χ1n) is 7.94. The molecule has 3 rings (SSSR count). The van der Waals surface area contributed by atoms with Crippen molar-refractivity contribution in [3.05, 3.63) is 70.2 Å². The number of ether oxygens (including phenoxy) is 1. The molecule has 130 valence electrons. The molecule has 0 bridgehead atoms. The highest BCUT2D eigenvalue weighted by Crippen LogP contribution is 2.35. The average molecular weight is 467 g/mol. The summed E-state index contributed by atoms with van der Waals surface area (Å²) in [6.45, 7) is 2.13. The van der Waals surface area contributed by atoms with Crippen molar-refractivity contribution in [2.75, 3.05) is 6.61 Å². The number of nitrogens with zero attached hydrogens (tertiary/aromatic N) is 1. The topological polar surface area (TPSA) is 46.6 Å². The molecule has 0 spiro atoms. The molecule has 0 unspecified atom stereocenters. The van der Waals surface area contributed by atoms with Gasteiger partial charge in [0.2, 0.25) is 5.91 Å². The second-order valence-corrected chi connectivity index (χ2v) is 7.76. The molecule has 2 aromatic rings. The summed E-state index contributed by atoms with van der Waals surface area (Å²) < 4.78 is 6.08. The van der Waals surface area contributed by atoms with Gasteiger partial charge in [0.05, 0.1) is 0 Å². The molecule has 1 heterocycles. The largest absolute Gasteiger partial charge is 0.446 e. The van der Waals surface area contributed by atoms with Crippen LogP contribution >= 0.6 is 31.9 Å². The van der Waals surface area contributed by atoms with Gasteiger partial charge in [-0.05, 0) is 17.2 Å². The van der Waals surface area contributed by atoms with Gasteiger partial charge >= 0.3 is 6.09 Å². The van der Waals surface area contributed by atoms with Gasteiger partial charge in [0, 0.05) is 10.4 Å². The monoisotopic (exact) mass is 465 g/mol. The van der Waals surface area contributed by atoms with Crippen molar-refractivity contribution in [2.45, 2.75) is 23.7 Å². The van der Waals surface area contributed by atoms with Gasteiger partial charge in [-0.3, -0.25) is 4.79 Å². The van der Waals surface area contributed by atoms with E-state index in [4.69, 9.17) is 4.74 Å². The highest BCUT2D eigenvalue weighted by atomic mass is 79.9. The van der Waals surface area contributed by atoms with Crippen LogP contribution in [0.2, 0.25) is 0 Å². The molecule has 2 aromatic carbocycles. The summed E-state index contributed by atoms with van der Waals surface area (Å²) in [5, 5.41) is 0. The number of cyclic esters (lactones) is 1. The predicted molar refractivity (Wildman–Crippen MR) is 103 cm³/mol. The summed E-state index contributed by atoms with van der Waals surface area (Å²) in [6.07, 6.45) is -0.595. The number of hydrogen-bond acceptors (Lipinski definition) is 3. The zero-order valence-electron chi connectivity index (χ0n) is 13.6. The zero-order chi connectivity index (χ0) is 18.0. The summed E-state index contributed by atoms with van der Waals surface area (Å²) >= 11 is 7.02. The van der Waals surface area contributed by atoms with Gasteiger partial charge in [0.1, 0.15) is 17.5 Å². The van der Waals surface area contributed by atoms with Crippen LogP contribution in [0.4, 0.5) is 4.79 Å². The van der Waals surface area contributed by atoms with Crippen molar-refractivity contribution in [2.24, 2.45) is 0 Å². The molecule has 1 saturated heterocycles. The van der Waals surface area contributed by atoms with Crippen molar-refractivity contribution in [1.82, 2.24) is 4.90 Å². The number of halogens is 2. The molecule has 0 radical (unpaired) electrons. The first-order valence-corrected chi connectivity index (χ1v) is 9.65. The minimum atomic E-state index is -0.595. The molecular formula is C19H17Br2NO3. The lowest BCUT2D eigenvalue weighted by Crippen LogP contribution is -2.40. The summed E-state index contributed by atoms with van der Waals surface area (Å²) in [5.41, 5.74) is 1.89. The number of hydrogen-bond donors (Lipinski definition) is 0. The second-order valence-electron chi connectivity index (χ2n) is 5.92. The van der Waals surface area contributed by atoms with Crippen molar-refractivity contribution in [1.29, 1.82) is 0 Å². The van der Waals surface area contributed by atoms with E-state index in [1.54, 1.807) is 0 Å². The van der Waals surface area contributed by atoms with E-state index in [0.29, 0.717) is 0 Å². The van der Waals surface area contributed by atoms with Crippen molar-refractivity contribution >= 4 is 43.9 Å². The van der Waals surface area contributed by atoms with E-state index in [1.165, 1.54) is 4.90 Å². The fraction of sp³-hybridized carbons (Fsp3) is 0.263. The van der Waals surface area contributed by atoms with Crippen LogP contribution in [0.25, 0.3) is 0 Å². The lowest BCUT2D eigenvalue weighted by molar-refractivity contribution is -0.128. The first-order chi connectivity index (χ1) is 12.0. The number of benzene rings is 2. The Bertz CT molecular complexity index is 781. The number of imide groups is 1. The van der Waals surface area contributed by atoms with E-state index in [-0.39, 0.29) is 18.4 Å². The van der Waals surface area contributed by atoms with Gasteiger partial charge in [-0.1, -0.05) is 87.3 Å². The standard InChI is InChI=1S/C19H17Br2NO3/c1-12(14-9-5-6-10-15(14)20)17(21)18(23)22-16(11-25-19(22)24)13-7-3-2-4-8-13/h2-10,12,16-17H,11H2,1H3/t12-,16-,17+/m0/s1. The zero-order valence-corrected chi connectivity index (χ0v) is 16.7. The van der Waals surface area contributed by atoms with E-state index in [2.05, 4.69) is 31.9 Å². The Morgan fingerprint density at radius 2 is 1.80 bits per heavy atom. The van der Waals surface area contributed by atoms with Crippen LogP contribution in [0.5, 0.6) is 0 Å². The van der Waals surface area contributed by atoms with Crippen LogP contribution < -0.4 is 0 Å². The van der Waals surface area contributed by atoms with Crippen molar-refractivity contribution < 1.29 is 14.3 Å². The SMILES string of the molecule is C[C@@H](c1ccccc1Br)[C@@H](Br)C(=O)N1C(=O)OC[C@H]1c1ccccc1. The predicted octanol–water partition coefficient (Wildman–Crippen LogP) is 5.04. The third kappa shape index (κ3) is 3.65. The molecule has 3 atom stereocenters. The van der Waals surface area contributed by atoms with Crippen LogP contribution in [0.3, 0.4) is 0 Å². The third-order valence-electron chi connectivity index (χ3n) is 4.37. The lowest BCUT2D eigenvalue weighted by Gasteiger charge is -2.26. The Hall–Kier alpha value is -1.66. The van der Waals surface area contributed by atoms with E-state index in [0.717, 1.165) is 15.6 Å². The van der Waals surface area contributed by atoms with Gasteiger partial charge in [-0.2, -0.15) is 0 Å². The third-order valence-corrected chi connectivity index (χ3v) is 6.27. The molecule has 1 aliphatic heterocycles. The van der Waals surface area contributed by atoms with Crippen LogP contribution in [0, 0.1) is 0 Å². The molecule has 0 saturated carbocycles.